The van der Waals surface area contributed by atoms with Crippen molar-refractivity contribution < 1.29 is 14.3 Å². The third kappa shape index (κ3) is 6.37. The molecule has 5 nitrogen and oxygen atoms in total. The first kappa shape index (κ1) is 22.4. The van der Waals surface area contributed by atoms with Crippen LogP contribution in [-0.4, -0.2) is 21.5 Å². The molecule has 2 aromatic heterocycles. The van der Waals surface area contributed by atoms with Crippen molar-refractivity contribution in [3.8, 4) is 5.75 Å². The fourth-order valence-electron chi connectivity index (χ4n) is 3.21. The highest BCUT2D eigenvalue weighted by Crippen LogP contribution is 2.24. The Morgan fingerprint density at radius 3 is 2.64 bits per heavy atom. The number of carbonyl (C=O) groups excluding carboxylic acids is 2. The number of hydrogen-bond donors (Lipinski definition) is 1. The first-order valence-electron chi connectivity index (χ1n) is 10.4. The number of carbonyl (C=O) groups is 2. The number of nitrogens with zero attached hydrogens (tertiary/aromatic N) is 1. The standard InChI is InChI=1S/C27H21BrN2O3/c28-26-11-10-25(33-18-22-3-1-2-13-29-22)16-21(26)7-9-24(32)17-23(31)8-5-19-4-6-20-12-14-30-27(20)15-19/h1-16,30H,17-18H2/b8-5+,9-7+. The molecule has 2 heterocycles. The van der Waals surface area contributed by atoms with Crippen molar-refractivity contribution in [3.63, 3.8) is 0 Å². The summed E-state index contributed by atoms with van der Waals surface area (Å²) in [5, 5.41) is 1.11. The predicted octanol–water partition coefficient (Wildman–Crippen LogP) is 6.16. The Hall–Kier alpha value is -3.77. The van der Waals surface area contributed by atoms with Gasteiger partial charge < -0.3 is 9.72 Å². The zero-order chi connectivity index (χ0) is 23.0. The smallest absolute Gasteiger partial charge is 0.163 e. The minimum Gasteiger partial charge on any atom is -0.487 e. The van der Waals surface area contributed by atoms with Crippen molar-refractivity contribution in [2.45, 2.75) is 13.0 Å². The lowest BCUT2D eigenvalue weighted by Crippen LogP contribution is -2.02. The molecule has 0 spiro atoms. The van der Waals surface area contributed by atoms with Gasteiger partial charge in [-0.1, -0.05) is 46.3 Å². The molecule has 0 saturated heterocycles. The Labute approximate surface area is 200 Å². The molecular weight excluding hydrogens is 480 g/mol. The summed E-state index contributed by atoms with van der Waals surface area (Å²) in [6.07, 6.45) is 9.66. The molecule has 164 valence electrons. The van der Waals surface area contributed by atoms with Crippen molar-refractivity contribution in [2.75, 3.05) is 0 Å². The molecule has 33 heavy (non-hydrogen) atoms. The molecule has 0 aliphatic rings. The molecule has 0 aliphatic carbocycles. The average molecular weight is 501 g/mol. The van der Waals surface area contributed by atoms with E-state index >= 15 is 0 Å². The van der Waals surface area contributed by atoms with Gasteiger partial charge in [-0.15, -0.1) is 0 Å². The van der Waals surface area contributed by atoms with Gasteiger partial charge in [-0.25, -0.2) is 0 Å². The second-order valence-electron chi connectivity index (χ2n) is 7.39. The number of rotatable bonds is 9. The van der Waals surface area contributed by atoms with Gasteiger partial charge in [0.25, 0.3) is 0 Å². The number of ketones is 2. The molecular formula is C27H21BrN2O3. The summed E-state index contributed by atoms with van der Waals surface area (Å²) in [7, 11) is 0. The molecule has 1 N–H and O–H groups in total. The monoisotopic (exact) mass is 500 g/mol. The maximum absolute atomic E-state index is 12.3. The maximum Gasteiger partial charge on any atom is 0.163 e. The highest BCUT2D eigenvalue weighted by molar-refractivity contribution is 9.10. The predicted molar refractivity (Wildman–Crippen MR) is 134 cm³/mol. The van der Waals surface area contributed by atoms with Crippen LogP contribution in [0.5, 0.6) is 5.75 Å². The molecule has 0 amide bonds. The van der Waals surface area contributed by atoms with Gasteiger partial charge >= 0.3 is 0 Å². The summed E-state index contributed by atoms with van der Waals surface area (Å²) in [6.45, 7) is 0.349. The fraction of sp³-hybridized carbons (Fsp3) is 0.0741. The van der Waals surface area contributed by atoms with E-state index in [2.05, 4.69) is 25.9 Å². The lowest BCUT2D eigenvalue weighted by molar-refractivity contribution is -0.121. The Balaban J connectivity index is 1.33. The topological polar surface area (TPSA) is 72.0 Å². The third-order valence-electron chi connectivity index (χ3n) is 4.92. The Morgan fingerprint density at radius 2 is 1.82 bits per heavy atom. The number of nitrogens with one attached hydrogen (secondary N) is 1. The quantitative estimate of drug-likeness (QED) is 0.220. The number of hydrogen-bond acceptors (Lipinski definition) is 4. The Kier molecular flexibility index (Phi) is 7.27. The molecule has 6 heteroatoms. The molecule has 0 aliphatic heterocycles. The number of benzene rings is 2. The van der Waals surface area contributed by atoms with Gasteiger partial charge in [0, 0.05) is 22.4 Å². The maximum atomic E-state index is 12.3. The lowest BCUT2D eigenvalue weighted by atomic mass is 10.1. The van der Waals surface area contributed by atoms with Crippen molar-refractivity contribution in [3.05, 3.63) is 107 Å². The molecule has 0 atom stereocenters. The van der Waals surface area contributed by atoms with E-state index in [-0.39, 0.29) is 18.0 Å². The summed E-state index contributed by atoms with van der Waals surface area (Å²) in [6, 6.07) is 19.0. The van der Waals surface area contributed by atoms with Crippen LogP contribution in [0.2, 0.25) is 0 Å². The van der Waals surface area contributed by atoms with Crippen LogP contribution in [0.15, 0.2) is 89.7 Å². The lowest BCUT2D eigenvalue weighted by Gasteiger charge is -2.07. The summed E-state index contributed by atoms with van der Waals surface area (Å²) < 4.78 is 6.61. The second kappa shape index (κ2) is 10.7. The SMILES string of the molecule is O=C(/C=C/c1ccc2cc[nH]c2c1)CC(=O)/C=C/c1cc(OCc2ccccn2)ccc1Br. The van der Waals surface area contributed by atoms with Crippen LogP contribution >= 0.6 is 15.9 Å². The molecule has 4 rings (SSSR count). The minimum absolute atomic E-state index is 0.189. The van der Waals surface area contributed by atoms with E-state index in [4.69, 9.17) is 4.74 Å². The van der Waals surface area contributed by atoms with Gasteiger partial charge in [0.15, 0.2) is 11.6 Å². The first-order valence-corrected chi connectivity index (χ1v) is 11.2. The van der Waals surface area contributed by atoms with E-state index in [1.54, 1.807) is 18.3 Å². The largest absolute Gasteiger partial charge is 0.487 e. The van der Waals surface area contributed by atoms with Gasteiger partial charge in [0.2, 0.25) is 0 Å². The van der Waals surface area contributed by atoms with Crippen molar-refractivity contribution in [1.29, 1.82) is 0 Å². The summed E-state index contributed by atoms with van der Waals surface area (Å²) in [5.41, 5.74) is 3.50. The molecule has 2 aromatic carbocycles. The van der Waals surface area contributed by atoms with Crippen LogP contribution < -0.4 is 4.74 Å². The molecule has 0 radical (unpaired) electrons. The van der Waals surface area contributed by atoms with Crippen molar-refractivity contribution in [2.24, 2.45) is 0 Å². The number of halogens is 1. The molecule has 0 bridgehead atoms. The number of ether oxygens (including phenoxy) is 1. The summed E-state index contributed by atoms with van der Waals surface area (Å²) >= 11 is 3.48. The molecule has 0 fully saturated rings. The van der Waals surface area contributed by atoms with E-state index in [0.717, 1.165) is 32.2 Å². The van der Waals surface area contributed by atoms with E-state index < -0.39 is 0 Å². The van der Waals surface area contributed by atoms with E-state index in [1.165, 1.54) is 12.2 Å². The van der Waals surface area contributed by atoms with Crippen molar-refractivity contribution in [1.82, 2.24) is 9.97 Å². The van der Waals surface area contributed by atoms with E-state index in [0.29, 0.717) is 12.4 Å². The zero-order valence-corrected chi connectivity index (χ0v) is 19.3. The summed E-state index contributed by atoms with van der Waals surface area (Å²) in [4.78, 5) is 31.9. The number of H-pyrrole nitrogens is 1. The number of allylic oxidation sites excluding steroid dienone is 2. The Morgan fingerprint density at radius 1 is 0.970 bits per heavy atom. The van der Waals surface area contributed by atoms with Crippen LogP contribution in [-0.2, 0) is 16.2 Å². The number of fused-ring (bicyclic) bond motifs is 1. The third-order valence-corrected chi connectivity index (χ3v) is 5.64. The summed E-state index contributed by atoms with van der Waals surface area (Å²) in [5.74, 6) is 0.146. The molecule has 4 aromatic rings. The van der Waals surface area contributed by atoms with Gasteiger partial charge in [0.05, 0.1) is 12.1 Å². The van der Waals surface area contributed by atoms with Crippen LogP contribution in [0.25, 0.3) is 23.1 Å². The Bertz CT molecular complexity index is 1340. The van der Waals surface area contributed by atoms with E-state index in [1.807, 2.05) is 66.9 Å². The van der Waals surface area contributed by atoms with Gasteiger partial charge in [0.1, 0.15) is 12.4 Å². The number of aromatic nitrogens is 2. The second-order valence-corrected chi connectivity index (χ2v) is 8.25. The first-order chi connectivity index (χ1) is 16.1. The highest BCUT2D eigenvalue weighted by atomic mass is 79.9. The van der Waals surface area contributed by atoms with Gasteiger partial charge in [-0.05, 0) is 71.1 Å². The minimum atomic E-state index is -0.267. The highest BCUT2D eigenvalue weighted by Gasteiger charge is 2.06. The van der Waals surface area contributed by atoms with Crippen LogP contribution in [0.1, 0.15) is 23.2 Å². The zero-order valence-electron chi connectivity index (χ0n) is 17.7. The van der Waals surface area contributed by atoms with Crippen LogP contribution in [0, 0.1) is 0 Å². The normalized spacial score (nSPS) is 11.4. The molecule has 0 saturated carbocycles. The van der Waals surface area contributed by atoms with Crippen molar-refractivity contribution >= 4 is 50.6 Å². The molecule has 0 unspecified atom stereocenters. The van der Waals surface area contributed by atoms with E-state index in [9.17, 15) is 9.59 Å². The van der Waals surface area contributed by atoms with Gasteiger partial charge in [-0.3, -0.25) is 14.6 Å². The number of pyridine rings is 1. The average Bonchev–Trinajstić information content (AvgIpc) is 3.30. The van der Waals surface area contributed by atoms with Gasteiger partial charge in [-0.2, -0.15) is 0 Å². The fourth-order valence-corrected chi connectivity index (χ4v) is 3.59. The van der Waals surface area contributed by atoms with Crippen LogP contribution in [0.4, 0.5) is 0 Å². The van der Waals surface area contributed by atoms with Crippen LogP contribution in [0.3, 0.4) is 0 Å². The number of aromatic amines is 1.